The molecule has 39 heavy (non-hydrogen) atoms. The van der Waals surface area contributed by atoms with Crippen LogP contribution in [-0.4, -0.2) is 36.0 Å². The lowest BCUT2D eigenvalue weighted by Gasteiger charge is -2.20. The summed E-state index contributed by atoms with van der Waals surface area (Å²) in [7, 11) is -4.04. The lowest BCUT2D eigenvalue weighted by Crippen LogP contribution is -2.39. The van der Waals surface area contributed by atoms with Crippen LogP contribution in [0.3, 0.4) is 0 Å². The number of aromatic nitrogens is 1. The number of furan rings is 1. The van der Waals surface area contributed by atoms with Crippen LogP contribution >= 0.6 is 0 Å². The molecule has 0 spiro atoms. The predicted octanol–water partition coefficient (Wildman–Crippen LogP) is 5.05. The Kier molecular flexibility index (Phi) is 8.07. The molecule has 0 radical (unpaired) electrons. The number of benzene rings is 2. The van der Waals surface area contributed by atoms with E-state index in [1.165, 1.54) is 47.4 Å². The van der Waals surface area contributed by atoms with E-state index in [0.717, 1.165) is 10.4 Å². The third-order valence-corrected chi connectivity index (χ3v) is 7.73. The fourth-order valence-electron chi connectivity index (χ4n) is 4.11. The van der Waals surface area contributed by atoms with E-state index in [2.05, 4.69) is 10.5 Å². The van der Waals surface area contributed by atoms with E-state index in [4.69, 9.17) is 4.42 Å². The van der Waals surface area contributed by atoms with Crippen molar-refractivity contribution in [1.82, 2.24) is 14.3 Å². The molecule has 0 fully saturated rings. The number of amides is 1. The van der Waals surface area contributed by atoms with Crippen molar-refractivity contribution < 1.29 is 30.8 Å². The summed E-state index contributed by atoms with van der Waals surface area (Å²) in [5.41, 5.74) is 3.00. The number of alkyl halides is 3. The average molecular weight is 559 g/mol. The first kappa shape index (κ1) is 27.9. The SMILES string of the molecule is Cc1cc(/C=N/NC(=O)CN(Cc2ccco2)S(=O)(=O)c2ccccc2)c(C)n1-c1ccccc1C(F)(F)F. The van der Waals surface area contributed by atoms with E-state index in [0.29, 0.717) is 22.7 Å². The molecule has 0 aliphatic heterocycles. The van der Waals surface area contributed by atoms with E-state index in [9.17, 15) is 26.4 Å². The summed E-state index contributed by atoms with van der Waals surface area (Å²) < 4.78 is 74.8. The number of rotatable bonds is 9. The first-order valence-corrected chi connectivity index (χ1v) is 13.2. The monoisotopic (exact) mass is 558 g/mol. The Morgan fingerprint density at radius 1 is 1.05 bits per heavy atom. The summed E-state index contributed by atoms with van der Waals surface area (Å²) in [5.74, 6) is -0.370. The van der Waals surface area contributed by atoms with Gasteiger partial charge in [-0.2, -0.15) is 22.6 Å². The van der Waals surface area contributed by atoms with Crippen LogP contribution in [0.15, 0.2) is 93.5 Å². The second kappa shape index (κ2) is 11.3. The zero-order chi connectivity index (χ0) is 28.2. The molecule has 0 aliphatic carbocycles. The highest BCUT2D eigenvalue weighted by Gasteiger charge is 2.34. The molecule has 4 rings (SSSR count). The molecule has 0 saturated heterocycles. The smallest absolute Gasteiger partial charge is 0.418 e. The minimum absolute atomic E-state index is 0.0134. The Bertz CT molecular complexity index is 1580. The molecule has 1 amide bonds. The van der Waals surface area contributed by atoms with Crippen LogP contribution in [0.25, 0.3) is 5.69 Å². The maximum Gasteiger partial charge on any atom is 0.418 e. The van der Waals surface area contributed by atoms with Gasteiger partial charge >= 0.3 is 6.18 Å². The second-order valence-electron chi connectivity index (χ2n) is 8.64. The summed E-state index contributed by atoms with van der Waals surface area (Å²) in [5, 5.41) is 3.92. The van der Waals surface area contributed by atoms with Gasteiger partial charge in [0.25, 0.3) is 5.91 Å². The van der Waals surface area contributed by atoms with Gasteiger partial charge in [0.1, 0.15) is 5.76 Å². The zero-order valence-electron chi connectivity index (χ0n) is 21.0. The third-order valence-electron chi connectivity index (χ3n) is 5.93. The van der Waals surface area contributed by atoms with Crippen molar-refractivity contribution >= 4 is 22.1 Å². The maximum atomic E-state index is 13.6. The molecule has 0 unspecified atom stereocenters. The third kappa shape index (κ3) is 6.29. The van der Waals surface area contributed by atoms with Gasteiger partial charge in [0.2, 0.25) is 10.0 Å². The number of hydrogen-bond acceptors (Lipinski definition) is 5. The number of para-hydroxylation sites is 1. The first-order valence-electron chi connectivity index (χ1n) is 11.7. The van der Waals surface area contributed by atoms with Gasteiger partial charge in [-0.05, 0) is 56.3 Å². The van der Waals surface area contributed by atoms with Gasteiger partial charge in [0.15, 0.2) is 0 Å². The fraction of sp³-hybridized carbons (Fsp3) is 0.185. The Labute approximate surface area is 223 Å². The Balaban J connectivity index is 1.53. The summed E-state index contributed by atoms with van der Waals surface area (Å²) in [6.07, 6.45) is -1.84. The van der Waals surface area contributed by atoms with Crippen molar-refractivity contribution in [3.05, 3.63) is 107 Å². The number of nitrogens with one attached hydrogen (secondary N) is 1. The van der Waals surface area contributed by atoms with Gasteiger partial charge in [-0.15, -0.1) is 0 Å². The fourth-order valence-corrected chi connectivity index (χ4v) is 5.49. The molecular formula is C27H25F3N4O4S. The highest BCUT2D eigenvalue weighted by Crippen LogP contribution is 2.35. The van der Waals surface area contributed by atoms with Gasteiger partial charge in [-0.1, -0.05) is 30.3 Å². The Morgan fingerprint density at radius 2 is 1.74 bits per heavy atom. The molecule has 2 heterocycles. The molecule has 2 aromatic carbocycles. The van der Waals surface area contributed by atoms with Crippen molar-refractivity contribution in [1.29, 1.82) is 0 Å². The van der Waals surface area contributed by atoms with Crippen LogP contribution < -0.4 is 5.43 Å². The van der Waals surface area contributed by atoms with E-state index >= 15 is 0 Å². The molecule has 12 heteroatoms. The second-order valence-corrected chi connectivity index (χ2v) is 10.6. The van der Waals surface area contributed by atoms with Gasteiger partial charge in [0, 0.05) is 17.0 Å². The molecule has 0 aliphatic rings. The topological polar surface area (TPSA) is 96.9 Å². The zero-order valence-corrected chi connectivity index (χ0v) is 21.8. The van der Waals surface area contributed by atoms with E-state index in [-0.39, 0.29) is 17.1 Å². The molecule has 0 atom stereocenters. The summed E-state index contributed by atoms with van der Waals surface area (Å²) in [6, 6.07) is 17.8. The number of carbonyl (C=O) groups excluding carboxylic acids is 1. The van der Waals surface area contributed by atoms with Crippen LogP contribution in [-0.2, 0) is 27.5 Å². The average Bonchev–Trinajstić information content (AvgIpc) is 3.51. The number of carbonyl (C=O) groups is 1. The molecule has 1 N–H and O–H groups in total. The number of hydrazone groups is 1. The van der Waals surface area contributed by atoms with Crippen LogP contribution in [0.1, 0.15) is 28.3 Å². The number of halogens is 3. The van der Waals surface area contributed by atoms with Crippen molar-refractivity contribution in [2.45, 2.75) is 31.5 Å². The van der Waals surface area contributed by atoms with E-state index in [1.54, 1.807) is 50.2 Å². The number of sulfonamides is 1. The molecule has 2 aromatic heterocycles. The van der Waals surface area contributed by atoms with E-state index in [1.807, 2.05) is 0 Å². The van der Waals surface area contributed by atoms with Gasteiger partial charge in [-0.3, -0.25) is 4.79 Å². The normalized spacial score (nSPS) is 12.4. The van der Waals surface area contributed by atoms with Crippen LogP contribution in [0, 0.1) is 13.8 Å². The van der Waals surface area contributed by atoms with Crippen LogP contribution in [0.2, 0.25) is 0 Å². The maximum absolute atomic E-state index is 13.6. The molecule has 4 aromatic rings. The lowest BCUT2D eigenvalue weighted by molar-refractivity contribution is -0.137. The standard InChI is InChI=1S/C27H25F3N4O4S/c1-19-15-21(20(2)34(19)25-13-7-6-12-24(25)27(28,29)30)16-31-32-26(35)18-33(17-22-9-8-14-38-22)39(36,37)23-10-4-3-5-11-23/h3-16H,17-18H2,1-2H3,(H,32,35)/b31-16+. The molecule has 0 saturated carbocycles. The number of hydrogen-bond donors (Lipinski definition) is 1. The summed E-state index contributed by atoms with van der Waals surface area (Å²) in [6.45, 7) is 2.58. The minimum Gasteiger partial charge on any atom is -0.468 e. The molecular weight excluding hydrogens is 533 g/mol. The summed E-state index contributed by atoms with van der Waals surface area (Å²) in [4.78, 5) is 12.7. The largest absolute Gasteiger partial charge is 0.468 e. The van der Waals surface area contributed by atoms with Gasteiger partial charge in [-0.25, -0.2) is 13.8 Å². The molecule has 204 valence electrons. The van der Waals surface area contributed by atoms with Crippen LogP contribution in [0.5, 0.6) is 0 Å². The van der Waals surface area contributed by atoms with Crippen molar-refractivity contribution in [3.8, 4) is 5.69 Å². The molecule has 8 nitrogen and oxygen atoms in total. The molecule has 0 bridgehead atoms. The van der Waals surface area contributed by atoms with Crippen molar-refractivity contribution in [2.24, 2.45) is 5.10 Å². The Morgan fingerprint density at radius 3 is 2.41 bits per heavy atom. The Hall–Kier alpha value is -4.16. The highest BCUT2D eigenvalue weighted by atomic mass is 32.2. The quantitative estimate of drug-likeness (QED) is 0.230. The summed E-state index contributed by atoms with van der Waals surface area (Å²) >= 11 is 0. The number of nitrogens with zero attached hydrogens (tertiary/aromatic N) is 3. The minimum atomic E-state index is -4.54. The van der Waals surface area contributed by atoms with Crippen molar-refractivity contribution in [3.63, 3.8) is 0 Å². The van der Waals surface area contributed by atoms with Crippen LogP contribution in [0.4, 0.5) is 13.2 Å². The highest BCUT2D eigenvalue weighted by molar-refractivity contribution is 7.89. The lowest BCUT2D eigenvalue weighted by atomic mass is 10.1. The van der Waals surface area contributed by atoms with Gasteiger partial charge in [0.05, 0.1) is 41.7 Å². The predicted molar refractivity (Wildman–Crippen MR) is 139 cm³/mol. The number of aryl methyl sites for hydroxylation is 1. The van der Waals surface area contributed by atoms with Gasteiger partial charge < -0.3 is 8.98 Å². The van der Waals surface area contributed by atoms with Crippen molar-refractivity contribution in [2.75, 3.05) is 6.54 Å². The van der Waals surface area contributed by atoms with E-state index < -0.39 is 34.2 Å². The first-order chi connectivity index (χ1) is 18.5.